The summed E-state index contributed by atoms with van der Waals surface area (Å²) < 4.78 is 5.27. The molecular formula is C8H16O. The van der Waals surface area contributed by atoms with Crippen molar-refractivity contribution in [2.45, 2.75) is 27.2 Å². The van der Waals surface area contributed by atoms with Gasteiger partial charge in [-0.1, -0.05) is 18.6 Å². The quantitative estimate of drug-likeness (QED) is 0.417. The zero-order valence-corrected chi connectivity index (χ0v) is 6.61. The van der Waals surface area contributed by atoms with Gasteiger partial charge in [-0.3, -0.25) is 0 Å². The molecule has 0 unspecified atom stereocenters. The van der Waals surface area contributed by atoms with E-state index in [2.05, 4.69) is 19.9 Å². The summed E-state index contributed by atoms with van der Waals surface area (Å²) in [5.74, 6) is 0. The van der Waals surface area contributed by atoms with Crippen LogP contribution in [0.1, 0.15) is 27.2 Å². The Hall–Kier alpha value is -0.300. The molecule has 0 aromatic heterocycles. The molecule has 0 aliphatic carbocycles. The van der Waals surface area contributed by atoms with Gasteiger partial charge >= 0.3 is 0 Å². The normalized spacial score (nSPS) is 12.1. The first kappa shape index (κ1) is 8.70. The summed E-state index contributed by atoms with van der Waals surface area (Å²) in [5, 5.41) is 0. The summed E-state index contributed by atoms with van der Waals surface area (Å²) in [6.45, 7) is 7.90. The van der Waals surface area contributed by atoms with Crippen LogP contribution in [0.2, 0.25) is 0 Å². The van der Waals surface area contributed by atoms with E-state index in [0.717, 1.165) is 19.6 Å². The fraction of sp³-hybridized carbons (Fsp3) is 0.750. The summed E-state index contributed by atoms with van der Waals surface area (Å²) in [6, 6.07) is 0. The highest BCUT2D eigenvalue weighted by Gasteiger charge is 1.85. The van der Waals surface area contributed by atoms with Crippen molar-refractivity contribution in [1.29, 1.82) is 0 Å². The molecule has 9 heavy (non-hydrogen) atoms. The SMILES string of the molecule is C/C=C(\C)COCCC. The molecule has 0 aliphatic rings. The van der Waals surface area contributed by atoms with Gasteiger partial charge in [-0.25, -0.2) is 0 Å². The van der Waals surface area contributed by atoms with Crippen molar-refractivity contribution in [2.24, 2.45) is 0 Å². The molecule has 0 radical (unpaired) electrons. The molecule has 0 aromatic carbocycles. The lowest BCUT2D eigenvalue weighted by Crippen LogP contribution is -1.95. The number of hydrogen-bond acceptors (Lipinski definition) is 1. The Bertz CT molecular complexity index is 84.6. The second kappa shape index (κ2) is 5.83. The van der Waals surface area contributed by atoms with Gasteiger partial charge in [-0.05, 0) is 20.3 Å². The topological polar surface area (TPSA) is 9.23 Å². The largest absolute Gasteiger partial charge is 0.377 e. The minimum Gasteiger partial charge on any atom is -0.377 e. The summed E-state index contributed by atoms with van der Waals surface area (Å²) in [6.07, 6.45) is 3.19. The minimum absolute atomic E-state index is 0.796. The van der Waals surface area contributed by atoms with Crippen LogP contribution in [0.4, 0.5) is 0 Å². The van der Waals surface area contributed by atoms with Crippen molar-refractivity contribution in [2.75, 3.05) is 13.2 Å². The van der Waals surface area contributed by atoms with Crippen molar-refractivity contribution in [3.63, 3.8) is 0 Å². The van der Waals surface area contributed by atoms with Gasteiger partial charge in [0.15, 0.2) is 0 Å². The highest BCUT2D eigenvalue weighted by atomic mass is 16.5. The predicted octanol–water partition coefficient (Wildman–Crippen LogP) is 2.38. The predicted molar refractivity (Wildman–Crippen MR) is 40.5 cm³/mol. The molecule has 1 heteroatoms. The average Bonchev–Trinajstić information content (AvgIpc) is 1.89. The zero-order valence-electron chi connectivity index (χ0n) is 6.61. The van der Waals surface area contributed by atoms with E-state index in [9.17, 15) is 0 Å². The van der Waals surface area contributed by atoms with Gasteiger partial charge in [0.2, 0.25) is 0 Å². The van der Waals surface area contributed by atoms with Crippen LogP contribution in [0.5, 0.6) is 0 Å². The van der Waals surface area contributed by atoms with Crippen LogP contribution in [0, 0.1) is 0 Å². The average molecular weight is 128 g/mol. The number of rotatable bonds is 4. The molecule has 0 aliphatic heterocycles. The highest BCUT2D eigenvalue weighted by Crippen LogP contribution is 1.92. The lowest BCUT2D eigenvalue weighted by atomic mass is 10.3. The first-order valence-corrected chi connectivity index (χ1v) is 3.50. The van der Waals surface area contributed by atoms with Gasteiger partial charge in [0, 0.05) is 6.61 Å². The molecule has 0 saturated heterocycles. The fourth-order valence-corrected chi connectivity index (χ4v) is 0.461. The molecule has 0 amide bonds. The monoisotopic (exact) mass is 128 g/mol. The fourth-order valence-electron chi connectivity index (χ4n) is 0.461. The maximum atomic E-state index is 5.27. The molecule has 0 rings (SSSR count). The van der Waals surface area contributed by atoms with E-state index < -0.39 is 0 Å². The van der Waals surface area contributed by atoms with Crippen LogP contribution >= 0.6 is 0 Å². The molecule has 0 spiro atoms. The summed E-state index contributed by atoms with van der Waals surface area (Å²) in [5.41, 5.74) is 1.31. The molecule has 0 N–H and O–H groups in total. The Balaban J connectivity index is 3.07. The standard InChI is InChI=1S/C8H16O/c1-4-6-9-7-8(3)5-2/h5H,4,6-7H2,1-3H3/b8-5+. The molecule has 0 atom stereocenters. The molecule has 0 heterocycles. The van der Waals surface area contributed by atoms with Gasteiger partial charge in [0.1, 0.15) is 0 Å². The van der Waals surface area contributed by atoms with Crippen molar-refractivity contribution in [1.82, 2.24) is 0 Å². The first-order valence-electron chi connectivity index (χ1n) is 3.50. The lowest BCUT2D eigenvalue weighted by Gasteiger charge is -2.00. The first-order chi connectivity index (χ1) is 4.31. The Kier molecular flexibility index (Phi) is 5.64. The third kappa shape index (κ3) is 5.57. The summed E-state index contributed by atoms with van der Waals surface area (Å²) >= 11 is 0. The van der Waals surface area contributed by atoms with Crippen LogP contribution in [0.15, 0.2) is 11.6 Å². The maximum Gasteiger partial charge on any atom is 0.0673 e. The van der Waals surface area contributed by atoms with Gasteiger partial charge in [-0.15, -0.1) is 0 Å². The molecular weight excluding hydrogens is 112 g/mol. The van der Waals surface area contributed by atoms with E-state index in [4.69, 9.17) is 4.74 Å². The van der Waals surface area contributed by atoms with E-state index in [1.807, 2.05) is 6.92 Å². The van der Waals surface area contributed by atoms with Gasteiger partial charge in [0.05, 0.1) is 6.61 Å². The summed E-state index contributed by atoms with van der Waals surface area (Å²) in [7, 11) is 0. The smallest absolute Gasteiger partial charge is 0.0673 e. The van der Waals surface area contributed by atoms with E-state index in [1.165, 1.54) is 5.57 Å². The number of hydrogen-bond donors (Lipinski definition) is 0. The molecule has 0 bridgehead atoms. The van der Waals surface area contributed by atoms with E-state index >= 15 is 0 Å². The Labute approximate surface area is 57.7 Å². The minimum atomic E-state index is 0.796. The number of ether oxygens (including phenoxy) is 1. The van der Waals surface area contributed by atoms with Crippen LogP contribution in [-0.4, -0.2) is 13.2 Å². The number of allylic oxidation sites excluding steroid dienone is 1. The van der Waals surface area contributed by atoms with Crippen molar-refractivity contribution in [3.05, 3.63) is 11.6 Å². The molecule has 0 saturated carbocycles. The van der Waals surface area contributed by atoms with Crippen LogP contribution < -0.4 is 0 Å². The second-order valence-electron chi connectivity index (χ2n) is 2.19. The molecule has 1 nitrogen and oxygen atoms in total. The Morgan fingerprint density at radius 1 is 1.56 bits per heavy atom. The van der Waals surface area contributed by atoms with Crippen LogP contribution in [-0.2, 0) is 4.74 Å². The zero-order chi connectivity index (χ0) is 7.11. The van der Waals surface area contributed by atoms with Crippen molar-refractivity contribution >= 4 is 0 Å². The third-order valence-corrected chi connectivity index (χ3v) is 1.17. The Morgan fingerprint density at radius 3 is 2.67 bits per heavy atom. The van der Waals surface area contributed by atoms with Gasteiger partial charge in [0.25, 0.3) is 0 Å². The molecule has 0 aromatic rings. The van der Waals surface area contributed by atoms with E-state index in [0.29, 0.717) is 0 Å². The molecule has 54 valence electrons. The maximum absolute atomic E-state index is 5.27. The third-order valence-electron chi connectivity index (χ3n) is 1.17. The van der Waals surface area contributed by atoms with E-state index in [1.54, 1.807) is 0 Å². The van der Waals surface area contributed by atoms with E-state index in [-0.39, 0.29) is 0 Å². The highest BCUT2D eigenvalue weighted by molar-refractivity contribution is 4.95. The second-order valence-corrected chi connectivity index (χ2v) is 2.19. The summed E-state index contributed by atoms with van der Waals surface area (Å²) in [4.78, 5) is 0. The van der Waals surface area contributed by atoms with Crippen molar-refractivity contribution < 1.29 is 4.74 Å². The lowest BCUT2D eigenvalue weighted by molar-refractivity contribution is 0.157. The van der Waals surface area contributed by atoms with Crippen molar-refractivity contribution in [3.8, 4) is 0 Å². The van der Waals surface area contributed by atoms with Crippen LogP contribution in [0.3, 0.4) is 0 Å². The van der Waals surface area contributed by atoms with Gasteiger partial charge < -0.3 is 4.74 Å². The van der Waals surface area contributed by atoms with Crippen LogP contribution in [0.25, 0.3) is 0 Å². The molecule has 0 fully saturated rings. The Morgan fingerprint density at radius 2 is 2.22 bits per heavy atom. The van der Waals surface area contributed by atoms with Gasteiger partial charge in [-0.2, -0.15) is 0 Å².